The normalized spacial score (nSPS) is 13.7. The summed E-state index contributed by atoms with van der Waals surface area (Å²) < 4.78 is 1.92. The van der Waals surface area contributed by atoms with Gasteiger partial charge in [0.05, 0.1) is 0 Å². The smallest absolute Gasteiger partial charge is 0.220 e. The predicted molar refractivity (Wildman–Crippen MR) is 82.5 cm³/mol. The fraction of sp³-hybridized carbons (Fsp3) is 0.375. The lowest BCUT2D eigenvalue weighted by atomic mass is 10.1. The Balaban J connectivity index is 2.18. The maximum absolute atomic E-state index is 12.1. The van der Waals surface area contributed by atoms with Crippen molar-refractivity contribution < 1.29 is 4.79 Å². The SMILES string of the molecule is CC(N)CCC(=O)NC(c1ccccc1)c1nccn1C. The highest BCUT2D eigenvalue weighted by Gasteiger charge is 2.20. The number of imidazole rings is 1. The monoisotopic (exact) mass is 286 g/mol. The summed E-state index contributed by atoms with van der Waals surface area (Å²) >= 11 is 0. The van der Waals surface area contributed by atoms with Crippen LogP contribution in [0.25, 0.3) is 0 Å². The summed E-state index contributed by atoms with van der Waals surface area (Å²) in [5, 5.41) is 3.05. The summed E-state index contributed by atoms with van der Waals surface area (Å²) in [5.41, 5.74) is 6.72. The number of amides is 1. The lowest BCUT2D eigenvalue weighted by Gasteiger charge is -2.19. The van der Waals surface area contributed by atoms with Crippen molar-refractivity contribution in [2.45, 2.75) is 31.8 Å². The number of nitrogens with zero attached hydrogens (tertiary/aromatic N) is 2. The van der Waals surface area contributed by atoms with Crippen molar-refractivity contribution in [1.29, 1.82) is 0 Å². The first-order valence-electron chi connectivity index (χ1n) is 7.15. The molecular weight excluding hydrogens is 264 g/mol. The van der Waals surface area contributed by atoms with E-state index in [1.807, 2.05) is 55.1 Å². The van der Waals surface area contributed by atoms with E-state index in [9.17, 15) is 4.79 Å². The minimum atomic E-state index is -0.244. The van der Waals surface area contributed by atoms with E-state index in [1.54, 1.807) is 6.20 Å². The molecule has 2 unspecified atom stereocenters. The molecule has 2 atom stereocenters. The first-order chi connectivity index (χ1) is 10.1. The minimum Gasteiger partial charge on any atom is -0.342 e. The van der Waals surface area contributed by atoms with E-state index < -0.39 is 0 Å². The molecular formula is C16H22N4O. The number of hydrogen-bond acceptors (Lipinski definition) is 3. The lowest BCUT2D eigenvalue weighted by molar-refractivity contribution is -0.121. The molecule has 1 heterocycles. The van der Waals surface area contributed by atoms with E-state index in [1.165, 1.54) is 0 Å². The summed E-state index contributed by atoms with van der Waals surface area (Å²) in [7, 11) is 1.92. The molecule has 0 spiro atoms. The number of nitrogens with one attached hydrogen (secondary N) is 1. The Labute approximate surface area is 125 Å². The topological polar surface area (TPSA) is 72.9 Å². The third-order valence-corrected chi connectivity index (χ3v) is 3.38. The van der Waals surface area contributed by atoms with Gasteiger partial charge < -0.3 is 15.6 Å². The van der Waals surface area contributed by atoms with Gasteiger partial charge in [0.2, 0.25) is 5.91 Å². The molecule has 5 heteroatoms. The van der Waals surface area contributed by atoms with Crippen molar-refractivity contribution in [2.75, 3.05) is 0 Å². The van der Waals surface area contributed by atoms with Gasteiger partial charge in [-0.05, 0) is 18.9 Å². The van der Waals surface area contributed by atoms with Crippen molar-refractivity contribution in [3.05, 3.63) is 54.1 Å². The molecule has 1 amide bonds. The van der Waals surface area contributed by atoms with Crippen molar-refractivity contribution >= 4 is 5.91 Å². The Kier molecular flexibility index (Phi) is 5.11. The minimum absolute atomic E-state index is 0.0100. The fourth-order valence-electron chi connectivity index (χ4n) is 2.19. The zero-order chi connectivity index (χ0) is 15.2. The van der Waals surface area contributed by atoms with Crippen LogP contribution in [0.2, 0.25) is 0 Å². The van der Waals surface area contributed by atoms with Crippen LogP contribution in [-0.4, -0.2) is 21.5 Å². The molecule has 0 saturated heterocycles. The Bertz CT molecular complexity index is 577. The standard InChI is InChI=1S/C16H22N4O/c1-12(17)8-9-14(21)19-15(13-6-4-3-5-7-13)16-18-10-11-20(16)2/h3-7,10-12,15H,8-9,17H2,1-2H3,(H,19,21). The van der Waals surface area contributed by atoms with Gasteiger partial charge in [0.15, 0.2) is 0 Å². The number of hydrogen-bond donors (Lipinski definition) is 2. The Morgan fingerprint density at radius 2 is 2.10 bits per heavy atom. The molecule has 0 aliphatic carbocycles. The number of aromatic nitrogens is 2. The van der Waals surface area contributed by atoms with Crippen molar-refractivity contribution in [2.24, 2.45) is 12.8 Å². The highest BCUT2D eigenvalue weighted by atomic mass is 16.1. The molecule has 0 saturated carbocycles. The second-order valence-corrected chi connectivity index (χ2v) is 5.32. The molecule has 0 aliphatic rings. The van der Waals surface area contributed by atoms with Gasteiger partial charge >= 0.3 is 0 Å². The molecule has 1 aromatic heterocycles. The van der Waals surface area contributed by atoms with Gasteiger partial charge in [-0.2, -0.15) is 0 Å². The zero-order valence-corrected chi connectivity index (χ0v) is 12.5. The quantitative estimate of drug-likeness (QED) is 0.849. The summed E-state index contributed by atoms with van der Waals surface area (Å²) in [4.78, 5) is 16.5. The average Bonchev–Trinajstić information content (AvgIpc) is 2.89. The first kappa shape index (κ1) is 15.3. The number of carbonyl (C=O) groups excluding carboxylic acids is 1. The van der Waals surface area contributed by atoms with E-state index >= 15 is 0 Å². The average molecular weight is 286 g/mol. The molecule has 2 aromatic rings. The van der Waals surface area contributed by atoms with Crippen LogP contribution >= 0.6 is 0 Å². The number of nitrogens with two attached hydrogens (primary N) is 1. The highest BCUT2D eigenvalue weighted by Crippen LogP contribution is 2.20. The molecule has 5 nitrogen and oxygen atoms in total. The van der Waals surface area contributed by atoms with Crippen LogP contribution in [0.15, 0.2) is 42.7 Å². The van der Waals surface area contributed by atoms with Gasteiger partial charge in [-0.3, -0.25) is 4.79 Å². The second kappa shape index (κ2) is 7.04. The van der Waals surface area contributed by atoms with Gasteiger partial charge in [0.1, 0.15) is 11.9 Å². The molecule has 0 aliphatic heterocycles. The Morgan fingerprint density at radius 1 is 1.38 bits per heavy atom. The number of benzene rings is 1. The molecule has 2 rings (SSSR count). The molecule has 21 heavy (non-hydrogen) atoms. The van der Waals surface area contributed by atoms with Crippen LogP contribution in [-0.2, 0) is 11.8 Å². The Hall–Kier alpha value is -2.14. The highest BCUT2D eigenvalue weighted by molar-refractivity contribution is 5.76. The van der Waals surface area contributed by atoms with Gasteiger partial charge in [0, 0.05) is 31.9 Å². The summed E-state index contributed by atoms with van der Waals surface area (Å²) in [5.74, 6) is 0.805. The van der Waals surface area contributed by atoms with E-state index in [0.717, 1.165) is 11.4 Å². The van der Waals surface area contributed by atoms with Gasteiger partial charge in [0.25, 0.3) is 0 Å². The van der Waals surface area contributed by atoms with Crippen molar-refractivity contribution in [3.63, 3.8) is 0 Å². The molecule has 0 fully saturated rings. The molecule has 112 valence electrons. The summed E-state index contributed by atoms with van der Waals surface area (Å²) in [6, 6.07) is 9.64. The number of aryl methyl sites for hydroxylation is 1. The summed E-state index contributed by atoms with van der Waals surface area (Å²) in [6.07, 6.45) is 4.71. The van der Waals surface area contributed by atoms with Crippen LogP contribution in [0.4, 0.5) is 0 Å². The lowest BCUT2D eigenvalue weighted by Crippen LogP contribution is -2.32. The van der Waals surface area contributed by atoms with Crippen LogP contribution in [0, 0.1) is 0 Å². The summed E-state index contributed by atoms with van der Waals surface area (Å²) in [6.45, 7) is 1.90. The predicted octanol–water partition coefficient (Wildman–Crippen LogP) is 1.75. The van der Waals surface area contributed by atoms with Crippen LogP contribution in [0.5, 0.6) is 0 Å². The third kappa shape index (κ3) is 4.16. The van der Waals surface area contributed by atoms with E-state index in [4.69, 9.17) is 5.73 Å². The molecule has 0 radical (unpaired) electrons. The van der Waals surface area contributed by atoms with E-state index in [-0.39, 0.29) is 18.0 Å². The van der Waals surface area contributed by atoms with Crippen LogP contribution in [0.3, 0.4) is 0 Å². The Morgan fingerprint density at radius 3 is 2.67 bits per heavy atom. The van der Waals surface area contributed by atoms with Crippen LogP contribution in [0.1, 0.15) is 37.2 Å². The molecule has 1 aromatic carbocycles. The zero-order valence-electron chi connectivity index (χ0n) is 12.5. The largest absolute Gasteiger partial charge is 0.342 e. The number of carbonyl (C=O) groups is 1. The van der Waals surface area contributed by atoms with Gasteiger partial charge in [-0.15, -0.1) is 0 Å². The molecule has 3 N–H and O–H groups in total. The van der Waals surface area contributed by atoms with Crippen LogP contribution < -0.4 is 11.1 Å². The maximum Gasteiger partial charge on any atom is 0.220 e. The van der Waals surface area contributed by atoms with Crippen molar-refractivity contribution in [1.82, 2.24) is 14.9 Å². The third-order valence-electron chi connectivity index (χ3n) is 3.38. The number of rotatable bonds is 6. The van der Waals surface area contributed by atoms with Gasteiger partial charge in [-0.1, -0.05) is 30.3 Å². The van der Waals surface area contributed by atoms with E-state index in [2.05, 4.69) is 10.3 Å². The first-order valence-corrected chi connectivity index (χ1v) is 7.15. The maximum atomic E-state index is 12.1. The second-order valence-electron chi connectivity index (χ2n) is 5.32. The van der Waals surface area contributed by atoms with E-state index in [0.29, 0.717) is 12.8 Å². The van der Waals surface area contributed by atoms with Gasteiger partial charge in [-0.25, -0.2) is 4.98 Å². The molecule has 0 bridgehead atoms. The van der Waals surface area contributed by atoms with Crippen molar-refractivity contribution in [3.8, 4) is 0 Å². The fourth-order valence-corrected chi connectivity index (χ4v) is 2.19.